The molecule has 0 bridgehead atoms. The zero-order valence-corrected chi connectivity index (χ0v) is 14.2. The van der Waals surface area contributed by atoms with Gasteiger partial charge in [0, 0.05) is 42.2 Å². The van der Waals surface area contributed by atoms with E-state index in [1.807, 2.05) is 40.6 Å². The number of hydrogen-bond acceptors (Lipinski definition) is 4. The lowest BCUT2D eigenvalue weighted by atomic mass is 10.0. The van der Waals surface area contributed by atoms with Gasteiger partial charge in [0.25, 0.3) is 5.91 Å². The van der Waals surface area contributed by atoms with Crippen molar-refractivity contribution in [1.29, 1.82) is 0 Å². The van der Waals surface area contributed by atoms with E-state index in [0.29, 0.717) is 10.6 Å². The van der Waals surface area contributed by atoms with E-state index in [4.69, 9.17) is 0 Å². The van der Waals surface area contributed by atoms with Crippen molar-refractivity contribution in [2.24, 2.45) is 0 Å². The quantitative estimate of drug-likeness (QED) is 0.907. The van der Waals surface area contributed by atoms with Crippen molar-refractivity contribution >= 4 is 29.4 Å². The summed E-state index contributed by atoms with van der Waals surface area (Å²) in [5, 5.41) is 3.41. The first-order valence-electron chi connectivity index (χ1n) is 7.54. The number of piperazine rings is 1. The first-order valence-corrected chi connectivity index (χ1v) is 9.64. The van der Waals surface area contributed by atoms with E-state index >= 15 is 0 Å². The third-order valence-electron chi connectivity index (χ3n) is 4.35. The average Bonchev–Trinajstić information content (AvgIpc) is 3.04. The molecule has 3 rings (SSSR count). The van der Waals surface area contributed by atoms with Gasteiger partial charge in [-0.15, -0.1) is 23.5 Å². The molecule has 2 atom stereocenters. The van der Waals surface area contributed by atoms with Gasteiger partial charge >= 0.3 is 0 Å². The Balaban J connectivity index is 1.72. The summed E-state index contributed by atoms with van der Waals surface area (Å²) in [6, 6.07) is 8.84. The third kappa shape index (κ3) is 3.25. The number of carbonyl (C=O) groups is 1. The van der Waals surface area contributed by atoms with Crippen molar-refractivity contribution in [1.82, 2.24) is 10.2 Å². The van der Waals surface area contributed by atoms with Gasteiger partial charge in [-0.2, -0.15) is 0 Å². The van der Waals surface area contributed by atoms with E-state index in [-0.39, 0.29) is 11.9 Å². The van der Waals surface area contributed by atoms with Gasteiger partial charge in [-0.3, -0.25) is 4.79 Å². The molecule has 0 saturated carbocycles. The summed E-state index contributed by atoms with van der Waals surface area (Å²) in [6.07, 6.45) is 0. The van der Waals surface area contributed by atoms with Crippen LogP contribution in [0.25, 0.3) is 0 Å². The number of amides is 1. The van der Waals surface area contributed by atoms with Gasteiger partial charge < -0.3 is 10.2 Å². The fraction of sp³-hybridized carbons (Fsp3) is 0.562. The molecule has 2 saturated heterocycles. The fourth-order valence-electron chi connectivity index (χ4n) is 2.84. The lowest BCUT2D eigenvalue weighted by Gasteiger charge is -2.38. The molecule has 0 aliphatic carbocycles. The van der Waals surface area contributed by atoms with Crippen LogP contribution in [0, 0.1) is 0 Å². The van der Waals surface area contributed by atoms with Crippen molar-refractivity contribution in [3.05, 3.63) is 35.4 Å². The lowest BCUT2D eigenvalue weighted by Crippen LogP contribution is -2.57. The van der Waals surface area contributed by atoms with Crippen LogP contribution in [0.5, 0.6) is 0 Å². The summed E-state index contributed by atoms with van der Waals surface area (Å²) in [5.41, 5.74) is 2.15. The van der Waals surface area contributed by atoms with Gasteiger partial charge in [-0.05, 0) is 31.5 Å². The lowest BCUT2D eigenvalue weighted by molar-refractivity contribution is 0.0603. The molecule has 2 aliphatic rings. The summed E-state index contributed by atoms with van der Waals surface area (Å²) in [5.74, 6) is 2.62. The molecule has 2 aliphatic heterocycles. The molecule has 5 heteroatoms. The average molecular weight is 322 g/mol. The molecular weight excluding hydrogens is 300 g/mol. The second-order valence-corrected chi connectivity index (χ2v) is 8.40. The first-order chi connectivity index (χ1) is 10.2. The zero-order valence-electron chi connectivity index (χ0n) is 12.5. The number of nitrogens with zero attached hydrogens (tertiary/aromatic N) is 1. The minimum atomic E-state index is 0.161. The van der Waals surface area contributed by atoms with Gasteiger partial charge in [0.15, 0.2) is 0 Å². The monoisotopic (exact) mass is 322 g/mol. The van der Waals surface area contributed by atoms with E-state index in [2.05, 4.69) is 31.3 Å². The molecular formula is C16H22N2OS2. The molecule has 2 fully saturated rings. The zero-order chi connectivity index (χ0) is 14.8. The number of carbonyl (C=O) groups excluding carboxylic acids is 1. The number of benzene rings is 1. The van der Waals surface area contributed by atoms with Gasteiger partial charge in [0.1, 0.15) is 0 Å². The van der Waals surface area contributed by atoms with E-state index < -0.39 is 0 Å². The minimum absolute atomic E-state index is 0.161. The van der Waals surface area contributed by atoms with Crippen molar-refractivity contribution in [2.75, 3.05) is 24.6 Å². The van der Waals surface area contributed by atoms with Crippen molar-refractivity contribution in [3.8, 4) is 0 Å². The molecule has 1 N–H and O–H groups in total. The maximum Gasteiger partial charge on any atom is 0.254 e. The molecule has 2 heterocycles. The Kier molecular flexibility index (Phi) is 4.82. The summed E-state index contributed by atoms with van der Waals surface area (Å²) in [4.78, 5) is 14.7. The van der Waals surface area contributed by atoms with Crippen molar-refractivity contribution in [3.63, 3.8) is 0 Å². The Morgan fingerprint density at radius 1 is 1.19 bits per heavy atom. The fourth-order valence-corrected chi connectivity index (χ4v) is 5.70. The Labute approximate surface area is 135 Å². The summed E-state index contributed by atoms with van der Waals surface area (Å²) in [7, 11) is 0. The Hall–Kier alpha value is -0.650. The second-order valence-electron chi connectivity index (χ2n) is 5.68. The van der Waals surface area contributed by atoms with Crippen LogP contribution in [0.4, 0.5) is 0 Å². The summed E-state index contributed by atoms with van der Waals surface area (Å²) >= 11 is 4.00. The van der Waals surface area contributed by atoms with Crippen LogP contribution < -0.4 is 5.32 Å². The SMILES string of the molecule is CC1NCCN(C(=O)c2ccc(C3SCCS3)cc2)C1C. The van der Waals surface area contributed by atoms with Crippen molar-refractivity contribution < 1.29 is 4.79 Å². The van der Waals surface area contributed by atoms with Gasteiger partial charge in [-0.25, -0.2) is 0 Å². The van der Waals surface area contributed by atoms with Crippen LogP contribution in [-0.4, -0.2) is 47.5 Å². The molecule has 1 amide bonds. The maximum atomic E-state index is 12.7. The first kappa shape index (κ1) is 15.3. The van der Waals surface area contributed by atoms with Crippen LogP contribution in [-0.2, 0) is 0 Å². The van der Waals surface area contributed by atoms with Crippen LogP contribution in [0.1, 0.15) is 34.4 Å². The highest BCUT2D eigenvalue weighted by Gasteiger charge is 2.28. The molecule has 21 heavy (non-hydrogen) atoms. The molecule has 114 valence electrons. The van der Waals surface area contributed by atoms with E-state index in [0.717, 1.165) is 18.7 Å². The van der Waals surface area contributed by atoms with Gasteiger partial charge in [0.05, 0.1) is 4.58 Å². The van der Waals surface area contributed by atoms with E-state index in [1.165, 1.54) is 17.1 Å². The largest absolute Gasteiger partial charge is 0.333 e. The predicted octanol–water partition coefficient (Wildman–Crippen LogP) is 2.99. The molecule has 0 radical (unpaired) electrons. The molecule has 1 aromatic carbocycles. The Morgan fingerprint density at radius 3 is 2.52 bits per heavy atom. The van der Waals surface area contributed by atoms with E-state index in [9.17, 15) is 4.79 Å². The van der Waals surface area contributed by atoms with Crippen molar-refractivity contribution in [2.45, 2.75) is 30.5 Å². The normalized spacial score (nSPS) is 27.0. The van der Waals surface area contributed by atoms with Gasteiger partial charge in [-0.1, -0.05) is 12.1 Å². The van der Waals surface area contributed by atoms with Crippen LogP contribution in [0.3, 0.4) is 0 Å². The summed E-state index contributed by atoms with van der Waals surface area (Å²) in [6.45, 7) is 5.93. The van der Waals surface area contributed by atoms with E-state index in [1.54, 1.807) is 0 Å². The minimum Gasteiger partial charge on any atom is -0.333 e. The highest BCUT2D eigenvalue weighted by atomic mass is 32.2. The number of nitrogens with one attached hydrogen (secondary N) is 1. The molecule has 1 aromatic rings. The Morgan fingerprint density at radius 2 is 1.86 bits per heavy atom. The highest BCUT2D eigenvalue weighted by molar-refractivity contribution is 8.19. The van der Waals surface area contributed by atoms with Crippen LogP contribution in [0.2, 0.25) is 0 Å². The van der Waals surface area contributed by atoms with Crippen LogP contribution >= 0.6 is 23.5 Å². The molecule has 3 nitrogen and oxygen atoms in total. The Bertz CT molecular complexity index is 500. The third-order valence-corrected chi connectivity index (χ3v) is 7.45. The van der Waals surface area contributed by atoms with Gasteiger partial charge in [0.2, 0.25) is 0 Å². The molecule has 2 unspecified atom stereocenters. The summed E-state index contributed by atoms with van der Waals surface area (Å²) < 4.78 is 0.548. The standard InChI is InChI=1S/C16H22N2OS2/c1-11-12(2)18(8-7-17-11)15(19)13-3-5-14(6-4-13)16-20-9-10-21-16/h3-6,11-12,16-17H,7-10H2,1-2H3. The number of thioether (sulfide) groups is 2. The molecule has 0 spiro atoms. The van der Waals surface area contributed by atoms with Crippen LogP contribution in [0.15, 0.2) is 24.3 Å². The second kappa shape index (κ2) is 6.63. The topological polar surface area (TPSA) is 32.3 Å². The molecule has 0 aromatic heterocycles. The number of rotatable bonds is 2. The highest BCUT2D eigenvalue weighted by Crippen LogP contribution is 2.45. The smallest absolute Gasteiger partial charge is 0.254 e. The number of hydrogen-bond donors (Lipinski definition) is 1. The maximum absolute atomic E-state index is 12.7. The predicted molar refractivity (Wildman–Crippen MR) is 92.1 cm³/mol.